The zero-order valence-corrected chi connectivity index (χ0v) is 16.4. The van der Waals surface area contributed by atoms with Crippen molar-refractivity contribution in [3.8, 4) is 5.75 Å². The van der Waals surface area contributed by atoms with Gasteiger partial charge in [0.2, 0.25) is 5.91 Å². The van der Waals surface area contributed by atoms with Gasteiger partial charge in [-0.1, -0.05) is 17.7 Å². The van der Waals surface area contributed by atoms with Crippen LogP contribution in [-0.2, 0) is 11.3 Å². The van der Waals surface area contributed by atoms with Gasteiger partial charge in [0.15, 0.2) is 0 Å². The number of halogens is 1. The first-order valence-corrected chi connectivity index (χ1v) is 9.77. The molecule has 2 heterocycles. The number of hydrogen-bond acceptors (Lipinski definition) is 4. The second kappa shape index (κ2) is 9.72. The summed E-state index contributed by atoms with van der Waals surface area (Å²) in [6, 6.07) is 11.2. The van der Waals surface area contributed by atoms with Gasteiger partial charge in [-0.3, -0.25) is 14.7 Å². The summed E-state index contributed by atoms with van der Waals surface area (Å²) < 4.78 is 5.28. The second-order valence-electron chi connectivity index (χ2n) is 7.00. The molecule has 2 aromatic rings. The lowest BCUT2D eigenvalue weighted by Gasteiger charge is -2.32. The van der Waals surface area contributed by atoms with Crippen LogP contribution in [-0.4, -0.2) is 36.0 Å². The van der Waals surface area contributed by atoms with E-state index in [9.17, 15) is 4.79 Å². The summed E-state index contributed by atoms with van der Waals surface area (Å²) in [6.45, 7) is 2.99. The zero-order valence-electron chi connectivity index (χ0n) is 15.7. The van der Waals surface area contributed by atoms with E-state index in [2.05, 4.69) is 21.3 Å². The first-order chi connectivity index (χ1) is 13.1. The van der Waals surface area contributed by atoms with E-state index >= 15 is 0 Å². The molecule has 6 heteroatoms. The zero-order chi connectivity index (χ0) is 19.1. The number of amides is 1. The van der Waals surface area contributed by atoms with Crippen LogP contribution in [0.4, 0.5) is 5.69 Å². The molecule has 1 unspecified atom stereocenters. The number of methoxy groups -OCH3 is 1. The quantitative estimate of drug-likeness (QED) is 0.766. The summed E-state index contributed by atoms with van der Waals surface area (Å²) in [5.41, 5.74) is 1.72. The average molecular weight is 388 g/mol. The van der Waals surface area contributed by atoms with Crippen LogP contribution in [0.25, 0.3) is 0 Å². The minimum atomic E-state index is -0.00239. The van der Waals surface area contributed by atoms with E-state index in [1.165, 1.54) is 12.8 Å². The van der Waals surface area contributed by atoms with Gasteiger partial charge in [-0.25, -0.2) is 0 Å². The third-order valence-corrected chi connectivity index (χ3v) is 5.17. The van der Waals surface area contributed by atoms with Gasteiger partial charge in [-0.15, -0.1) is 0 Å². The average Bonchev–Trinajstić information content (AvgIpc) is 2.68. The van der Waals surface area contributed by atoms with Crippen molar-refractivity contribution in [1.82, 2.24) is 9.88 Å². The number of ether oxygens (including phenoxy) is 1. The number of likely N-dealkylation sites (tertiary alicyclic amines) is 1. The van der Waals surface area contributed by atoms with Crippen LogP contribution in [0.5, 0.6) is 5.75 Å². The maximum Gasteiger partial charge on any atom is 0.224 e. The number of hydrogen-bond donors (Lipinski definition) is 1. The topological polar surface area (TPSA) is 54.5 Å². The fourth-order valence-corrected chi connectivity index (χ4v) is 3.75. The number of rotatable bonds is 7. The maximum absolute atomic E-state index is 12.4. The number of carbonyl (C=O) groups excluding carboxylic acids is 1. The number of piperidine rings is 1. The van der Waals surface area contributed by atoms with Gasteiger partial charge in [0.05, 0.1) is 18.5 Å². The highest BCUT2D eigenvalue weighted by Gasteiger charge is 2.21. The number of pyridine rings is 1. The fraction of sp³-hybridized carbons (Fsp3) is 0.429. The maximum atomic E-state index is 12.4. The van der Waals surface area contributed by atoms with Gasteiger partial charge in [-0.05, 0) is 62.1 Å². The van der Waals surface area contributed by atoms with Crippen molar-refractivity contribution >= 4 is 23.2 Å². The molecule has 144 valence electrons. The predicted octanol–water partition coefficient (Wildman–Crippen LogP) is 4.37. The molecule has 1 atom stereocenters. The number of nitrogens with one attached hydrogen (secondary N) is 1. The highest BCUT2D eigenvalue weighted by molar-refractivity contribution is 6.31. The summed E-state index contributed by atoms with van der Waals surface area (Å²) >= 11 is 6.02. The molecule has 0 radical (unpaired) electrons. The minimum Gasteiger partial charge on any atom is -0.495 e. The van der Waals surface area contributed by atoms with Crippen molar-refractivity contribution in [2.45, 2.75) is 32.2 Å². The van der Waals surface area contributed by atoms with Crippen molar-refractivity contribution in [2.75, 3.05) is 25.5 Å². The standard InChI is InChI=1S/C21H26ClN3O2/c1-27-20-9-8-17(22)13-19(20)24-21(26)10-7-16-5-4-12-25(14-16)15-18-6-2-3-11-23-18/h2-3,6,8-9,11,13,16H,4-5,7,10,12,14-15H2,1H3,(H,24,26). The largest absolute Gasteiger partial charge is 0.495 e. The third kappa shape index (κ3) is 5.94. The second-order valence-corrected chi connectivity index (χ2v) is 7.43. The molecule has 1 saturated heterocycles. The Balaban J connectivity index is 1.48. The molecule has 1 aromatic carbocycles. The molecule has 1 aromatic heterocycles. The van der Waals surface area contributed by atoms with Crippen molar-refractivity contribution < 1.29 is 9.53 Å². The molecule has 0 saturated carbocycles. The molecular weight excluding hydrogens is 362 g/mol. The first-order valence-electron chi connectivity index (χ1n) is 9.39. The Hall–Kier alpha value is -2.11. The van der Waals surface area contributed by atoms with Crippen molar-refractivity contribution in [1.29, 1.82) is 0 Å². The molecule has 1 aliphatic rings. The van der Waals surface area contributed by atoms with Crippen molar-refractivity contribution in [2.24, 2.45) is 5.92 Å². The molecule has 27 heavy (non-hydrogen) atoms. The lowest BCUT2D eigenvalue weighted by Crippen LogP contribution is -2.35. The van der Waals surface area contributed by atoms with Gasteiger partial charge >= 0.3 is 0 Å². The third-order valence-electron chi connectivity index (χ3n) is 4.93. The van der Waals surface area contributed by atoms with E-state index < -0.39 is 0 Å². The van der Waals surface area contributed by atoms with Crippen LogP contribution in [0, 0.1) is 5.92 Å². The summed E-state index contributed by atoms with van der Waals surface area (Å²) in [6.07, 6.45) is 5.56. The smallest absolute Gasteiger partial charge is 0.224 e. The van der Waals surface area contributed by atoms with Gasteiger partial charge < -0.3 is 10.1 Å². The highest BCUT2D eigenvalue weighted by atomic mass is 35.5. The summed E-state index contributed by atoms with van der Waals surface area (Å²) in [5, 5.41) is 3.49. The Morgan fingerprint density at radius 3 is 3.04 bits per heavy atom. The van der Waals surface area contributed by atoms with E-state index in [0.29, 0.717) is 28.8 Å². The molecule has 1 amide bonds. The van der Waals surface area contributed by atoms with Crippen LogP contribution in [0.15, 0.2) is 42.6 Å². The van der Waals surface area contributed by atoms with Crippen LogP contribution in [0.3, 0.4) is 0 Å². The van der Waals surface area contributed by atoms with Gasteiger partial charge in [0.25, 0.3) is 0 Å². The molecule has 1 aliphatic heterocycles. The number of benzene rings is 1. The van der Waals surface area contributed by atoms with E-state index in [0.717, 1.165) is 31.7 Å². The van der Waals surface area contributed by atoms with E-state index in [1.54, 1.807) is 25.3 Å². The van der Waals surface area contributed by atoms with Gasteiger partial charge in [0.1, 0.15) is 5.75 Å². The monoisotopic (exact) mass is 387 g/mol. The molecule has 3 rings (SSSR count). The first kappa shape index (κ1) is 19.6. The number of nitrogens with zero attached hydrogens (tertiary/aromatic N) is 2. The number of aromatic nitrogens is 1. The Labute approximate surface area is 165 Å². The summed E-state index contributed by atoms with van der Waals surface area (Å²) in [5.74, 6) is 1.15. The lowest BCUT2D eigenvalue weighted by atomic mass is 9.93. The molecule has 0 aliphatic carbocycles. The summed E-state index contributed by atoms with van der Waals surface area (Å²) in [7, 11) is 1.58. The number of carbonyl (C=O) groups is 1. The van der Waals surface area contributed by atoms with Crippen LogP contribution >= 0.6 is 11.6 Å². The predicted molar refractivity (Wildman–Crippen MR) is 108 cm³/mol. The highest BCUT2D eigenvalue weighted by Crippen LogP contribution is 2.28. The molecule has 5 nitrogen and oxygen atoms in total. The van der Waals surface area contributed by atoms with Crippen LogP contribution in [0.1, 0.15) is 31.4 Å². The van der Waals surface area contributed by atoms with E-state index in [-0.39, 0.29) is 5.91 Å². The molecule has 1 fully saturated rings. The fourth-order valence-electron chi connectivity index (χ4n) is 3.58. The van der Waals surface area contributed by atoms with Crippen molar-refractivity contribution in [3.05, 3.63) is 53.3 Å². The SMILES string of the molecule is COc1ccc(Cl)cc1NC(=O)CCC1CCCN(Cc2ccccn2)C1. The Morgan fingerprint density at radius 1 is 1.37 bits per heavy atom. The Kier molecular flexibility index (Phi) is 7.07. The molecule has 1 N–H and O–H groups in total. The normalized spacial score (nSPS) is 17.5. The molecular formula is C21H26ClN3O2. The van der Waals surface area contributed by atoms with Crippen LogP contribution < -0.4 is 10.1 Å². The van der Waals surface area contributed by atoms with E-state index in [1.807, 2.05) is 18.3 Å². The van der Waals surface area contributed by atoms with Crippen LogP contribution in [0.2, 0.25) is 5.02 Å². The summed E-state index contributed by atoms with van der Waals surface area (Å²) in [4.78, 5) is 19.2. The molecule has 0 spiro atoms. The Bertz CT molecular complexity index is 754. The van der Waals surface area contributed by atoms with Crippen molar-refractivity contribution in [3.63, 3.8) is 0 Å². The molecule has 0 bridgehead atoms. The minimum absolute atomic E-state index is 0.00239. The lowest BCUT2D eigenvalue weighted by molar-refractivity contribution is -0.116. The van der Waals surface area contributed by atoms with Gasteiger partial charge in [0, 0.05) is 30.7 Å². The number of anilines is 1. The van der Waals surface area contributed by atoms with E-state index in [4.69, 9.17) is 16.3 Å². The van der Waals surface area contributed by atoms with Gasteiger partial charge in [-0.2, -0.15) is 0 Å². The Morgan fingerprint density at radius 2 is 2.26 bits per heavy atom.